The second-order valence-corrected chi connectivity index (χ2v) is 4.47. The van der Waals surface area contributed by atoms with Crippen LogP contribution in [0.25, 0.3) is 0 Å². The van der Waals surface area contributed by atoms with Gasteiger partial charge < -0.3 is 11.5 Å². The van der Waals surface area contributed by atoms with Crippen LogP contribution in [0, 0.1) is 0 Å². The molecule has 1 aromatic carbocycles. The van der Waals surface area contributed by atoms with Crippen molar-refractivity contribution in [2.45, 2.75) is 25.3 Å². The summed E-state index contributed by atoms with van der Waals surface area (Å²) >= 11 is 11.9. The van der Waals surface area contributed by atoms with Gasteiger partial charge in [0.05, 0.1) is 0 Å². The van der Waals surface area contributed by atoms with Gasteiger partial charge in [-0.15, -0.1) is 0 Å². The van der Waals surface area contributed by atoms with Gasteiger partial charge in [-0.3, -0.25) is 4.79 Å². The lowest BCUT2D eigenvalue weighted by Gasteiger charge is -2.13. The topological polar surface area (TPSA) is 69.1 Å². The molecule has 1 atom stereocenters. The number of hydrogen-bond donors (Lipinski definition) is 2. The zero-order valence-electron chi connectivity index (χ0n) is 8.75. The molecule has 0 saturated heterocycles. The third kappa shape index (κ3) is 4.00. The summed E-state index contributed by atoms with van der Waals surface area (Å²) in [5, 5.41) is 1.20. The molecule has 5 heteroatoms. The van der Waals surface area contributed by atoms with Gasteiger partial charge in [0.15, 0.2) is 0 Å². The average Bonchev–Trinajstić information content (AvgIpc) is 2.21. The minimum Gasteiger partial charge on any atom is -0.370 e. The Kier molecular flexibility index (Phi) is 5.06. The van der Waals surface area contributed by atoms with Crippen molar-refractivity contribution in [1.82, 2.24) is 0 Å². The number of carbonyl (C=O) groups excluding carboxylic acids is 1. The first-order chi connectivity index (χ1) is 7.50. The average molecular weight is 261 g/mol. The van der Waals surface area contributed by atoms with Gasteiger partial charge >= 0.3 is 0 Å². The van der Waals surface area contributed by atoms with Crippen molar-refractivity contribution in [3.63, 3.8) is 0 Å². The predicted octanol–water partition coefficient (Wildman–Crippen LogP) is 2.65. The molecule has 0 spiro atoms. The van der Waals surface area contributed by atoms with E-state index >= 15 is 0 Å². The monoisotopic (exact) mass is 260 g/mol. The molecular weight excluding hydrogens is 247 g/mol. The van der Waals surface area contributed by atoms with Crippen LogP contribution in [0.5, 0.6) is 0 Å². The van der Waals surface area contributed by atoms with Gasteiger partial charge in [0, 0.05) is 22.5 Å². The number of carbonyl (C=O) groups is 1. The predicted molar refractivity (Wildman–Crippen MR) is 66.4 cm³/mol. The Bertz CT molecular complexity index is 382. The van der Waals surface area contributed by atoms with E-state index in [1.165, 1.54) is 0 Å². The summed E-state index contributed by atoms with van der Waals surface area (Å²) in [4.78, 5) is 10.6. The van der Waals surface area contributed by atoms with Crippen LogP contribution >= 0.6 is 23.2 Å². The van der Waals surface area contributed by atoms with Crippen LogP contribution in [0.3, 0.4) is 0 Å². The smallest absolute Gasteiger partial charge is 0.217 e. The fourth-order valence-corrected chi connectivity index (χ4v) is 1.89. The number of benzene rings is 1. The van der Waals surface area contributed by atoms with Gasteiger partial charge in [0.25, 0.3) is 0 Å². The molecule has 0 aliphatic carbocycles. The van der Waals surface area contributed by atoms with Crippen LogP contribution < -0.4 is 11.5 Å². The van der Waals surface area contributed by atoms with E-state index in [-0.39, 0.29) is 11.9 Å². The van der Waals surface area contributed by atoms with E-state index in [9.17, 15) is 4.79 Å². The molecule has 0 heterocycles. The molecule has 3 nitrogen and oxygen atoms in total. The highest BCUT2D eigenvalue weighted by Crippen LogP contribution is 2.27. The summed E-state index contributed by atoms with van der Waals surface area (Å²) in [6.07, 6.45) is 1.65. The Balaban J connectivity index is 2.61. The third-order valence-corrected chi connectivity index (χ3v) is 2.88. The first kappa shape index (κ1) is 13.3. The summed E-state index contributed by atoms with van der Waals surface area (Å²) in [5.74, 6) is -0.315. The Labute approximate surface area is 105 Å². The highest BCUT2D eigenvalue weighted by atomic mass is 35.5. The molecule has 1 aromatic rings. The van der Waals surface area contributed by atoms with E-state index in [0.29, 0.717) is 29.3 Å². The van der Waals surface area contributed by atoms with Crippen LogP contribution in [0.1, 0.15) is 30.9 Å². The highest BCUT2D eigenvalue weighted by Gasteiger charge is 2.11. The van der Waals surface area contributed by atoms with Crippen LogP contribution in [0.2, 0.25) is 10.0 Å². The summed E-state index contributed by atoms with van der Waals surface area (Å²) in [5.41, 5.74) is 11.8. The maximum absolute atomic E-state index is 10.6. The van der Waals surface area contributed by atoms with Gasteiger partial charge in [-0.1, -0.05) is 23.2 Å². The van der Waals surface area contributed by atoms with Crippen LogP contribution in [0.15, 0.2) is 18.2 Å². The van der Waals surface area contributed by atoms with E-state index in [4.69, 9.17) is 34.7 Å². The third-order valence-electron chi connectivity index (χ3n) is 2.30. The zero-order valence-corrected chi connectivity index (χ0v) is 10.3. The van der Waals surface area contributed by atoms with Crippen molar-refractivity contribution in [1.29, 1.82) is 0 Å². The van der Waals surface area contributed by atoms with Crippen LogP contribution in [0.4, 0.5) is 0 Å². The molecule has 1 rings (SSSR count). The van der Waals surface area contributed by atoms with Gasteiger partial charge in [-0.2, -0.15) is 0 Å². The van der Waals surface area contributed by atoms with Crippen molar-refractivity contribution >= 4 is 29.1 Å². The molecule has 0 fully saturated rings. The SMILES string of the molecule is NC(=O)CCCC(N)c1cc(Cl)ccc1Cl. The molecule has 0 bridgehead atoms. The number of hydrogen-bond acceptors (Lipinski definition) is 2. The lowest BCUT2D eigenvalue weighted by molar-refractivity contribution is -0.118. The molecule has 0 saturated carbocycles. The van der Waals surface area contributed by atoms with E-state index in [1.807, 2.05) is 0 Å². The highest BCUT2D eigenvalue weighted by molar-refractivity contribution is 6.33. The second-order valence-electron chi connectivity index (χ2n) is 3.63. The lowest BCUT2D eigenvalue weighted by atomic mass is 10.0. The Hall–Kier alpha value is -0.770. The van der Waals surface area contributed by atoms with Crippen LogP contribution in [-0.4, -0.2) is 5.91 Å². The van der Waals surface area contributed by atoms with Gasteiger partial charge in [-0.25, -0.2) is 0 Å². The van der Waals surface area contributed by atoms with Crippen molar-refractivity contribution in [3.05, 3.63) is 33.8 Å². The van der Waals surface area contributed by atoms with Crippen molar-refractivity contribution in [2.75, 3.05) is 0 Å². The Morgan fingerprint density at radius 3 is 2.69 bits per heavy atom. The lowest BCUT2D eigenvalue weighted by Crippen LogP contribution is -2.14. The molecule has 1 unspecified atom stereocenters. The molecule has 88 valence electrons. The molecule has 1 amide bonds. The first-order valence-corrected chi connectivity index (χ1v) is 5.75. The largest absolute Gasteiger partial charge is 0.370 e. The minimum atomic E-state index is -0.315. The van der Waals surface area contributed by atoms with Gasteiger partial charge in [-0.05, 0) is 36.6 Å². The molecule has 0 radical (unpaired) electrons. The minimum absolute atomic E-state index is 0.217. The molecule has 4 N–H and O–H groups in total. The van der Waals surface area contributed by atoms with Crippen molar-refractivity contribution < 1.29 is 4.79 Å². The maximum Gasteiger partial charge on any atom is 0.217 e. The number of halogens is 2. The number of primary amides is 1. The van der Waals surface area contributed by atoms with Crippen molar-refractivity contribution in [2.24, 2.45) is 11.5 Å². The van der Waals surface area contributed by atoms with E-state index in [0.717, 1.165) is 5.56 Å². The molecule has 0 aliphatic rings. The number of amides is 1. The summed E-state index contributed by atoms with van der Waals surface area (Å²) in [6, 6.07) is 4.96. The Morgan fingerprint density at radius 2 is 2.06 bits per heavy atom. The molecule has 0 aliphatic heterocycles. The normalized spacial score (nSPS) is 12.4. The summed E-state index contributed by atoms with van der Waals surface area (Å²) < 4.78 is 0. The summed E-state index contributed by atoms with van der Waals surface area (Å²) in [7, 11) is 0. The second kappa shape index (κ2) is 6.09. The van der Waals surface area contributed by atoms with Gasteiger partial charge in [0.1, 0.15) is 0 Å². The van der Waals surface area contributed by atoms with E-state index in [2.05, 4.69) is 0 Å². The quantitative estimate of drug-likeness (QED) is 0.855. The molecule has 16 heavy (non-hydrogen) atoms. The number of rotatable bonds is 5. The zero-order chi connectivity index (χ0) is 12.1. The Morgan fingerprint density at radius 1 is 1.38 bits per heavy atom. The number of nitrogens with two attached hydrogens (primary N) is 2. The van der Waals surface area contributed by atoms with E-state index in [1.54, 1.807) is 18.2 Å². The van der Waals surface area contributed by atoms with Gasteiger partial charge in [0.2, 0.25) is 5.91 Å². The van der Waals surface area contributed by atoms with Crippen molar-refractivity contribution in [3.8, 4) is 0 Å². The van der Waals surface area contributed by atoms with Crippen LogP contribution in [-0.2, 0) is 4.79 Å². The first-order valence-electron chi connectivity index (χ1n) is 4.99. The fourth-order valence-electron chi connectivity index (χ4n) is 1.45. The molecular formula is C11H14Cl2N2O. The fraction of sp³-hybridized carbons (Fsp3) is 0.364. The molecule has 0 aromatic heterocycles. The standard InChI is InChI=1S/C11H14Cl2N2O/c12-7-4-5-9(13)8(6-7)10(14)2-1-3-11(15)16/h4-6,10H,1-3,14H2,(H2,15,16). The maximum atomic E-state index is 10.6. The van der Waals surface area contributed by atoms with E-state index < -0.39 is 0 Å². The summed E-state index contributed by atoms with van der Waals surface area (Å²) in [6.45, 7) is 0.